The second kappa shape index (κ2) is 8.47. The lowest BCUT2D eigenvalue weighted by Crippen LogP contribution is -2.55. The van der Waals surface area contributed by atoms with Crippen LogP contribution in [0.25, 0.3) is 0 Å². The van der Waals surface area contributed by atoms with Crippen molar-refractivity contribution >= 4 is 15.9 Å². The third-order valence-electron chi connectivity index (χ3n) is 4.85. The second-order valence-corrected chi connectivity index (χ2v) is 8.62. The minimum absolute atomic E-state index is 0.0573. The van der Waals surface area contributed by atoms with Gasteiger partial charge in [-0.15, -0.1) is 0 Å². The zero-order chi connectivity index (χ0) is 18.6. The van der Waals surface area contributed by atoms with E-state index in [-0.39, 0.29) is 5.91 Å². The summed E-state index contributed by atoms with van der Waals surface area (Å²) in [5.74, 6) is -0.0573. The van der Waals surface area contributed by atoms with Gasteiger partial charge in [0.25, 0.3) is 5.91 Å². The predicted octanol–water partition coefficient (Wildman–Crippen LogP) is 0.460. The van der Waals surface area contributed by atoms with Crippen LogP contribution in [0.3, 0.4) is 0 Å². The molecule has 26 heavy (non-hydrogen) atoms. The maximum atomic E-state index is 12.8. The van der Waals surface area contributed by atoms with Crippen LogP contribution in [-0.2, 0) is 26.0 Å². The number of sulfonamides is 1. The highest BCUT2D eigenvalue weighted by atomic mass is 32.2. The Balaban J connectivity index is 1.60. The number of piperazine rings is 1. The molecule has 2 saturated heterocycles. The summed E-state index contributed by atoms with van der Waals surface area (Å²) in [6.07, 6.45) is 1.51. The van der Waals surface area contributed by atoms with Crippen molar-refractivity contribution in [2.24, 2.45) is 0 Å². The molecule has 0 aliphatic carbocycles. The Morgan fingerprint density at radius 1 is 1.19 bits per heavy atom. The molecule has 2 heterocycles. The average molecular weight is 381 g/mol. The first-order valence-corrected chi connectivity index (χ1v) is 10.7. The van der Waals surface area contributed by atoms with E-state index < -0.39 is 16.1 Å². The van der Waals surface area contributed by atoms with Gasteiger partial charge in [-0.3, -0.25) is 4.79 Å². The van der Waals surface area contributed by atoms with Gasteiger partial charge in [-0.1, -0.05) is 25.5 Å². The minimum Gasteiger partial charge on any atom is -0.366 e. The van der Waals surface area contributed by atoms with Crippen LogP contribution < -0.4 is 5.32 Å². The smallest absolute Gasteiger partial charge is 0.253 e. The van der Waals surface area contributed by atoms with Gasteiger partial charge in [0.1, 0.15) is 6.10 Å². The number of carbonyl (C=O) groups is 1. The summed E-state index contributed by atoms with van der Waals surface area (Å²) in [4.78, 5) is 14.5. The average Bonchev–Trinajstić information content (AvgIpc) is 2.69. The van der Waals surface area contributed by atoms with E-state index in [1.807, 2.05) is 12.1 Å². The van der Waals surface area contributed by atoms with E-state index in [1.54, 1.807) is 17.0 Å². The highest BCUT2D eigenvalue weighted by Crippen LogP contribution is 2.19. The molecule has 8 heteroatoms. The Morgan fingerprint density at radius 3 is 2.46 bits per heavy atom. The van der Waals surface area contributed by atoms with E-state index in [0.717, 1.165) is 24.9 Å². The van der Waals surface area contributed by atoms with E-state index in [4.69, 9.17) is 4.74 Å². The number of morpholine rings is 1. The molecule has 0 bridgehead atoms. The maximum Gasteiger partial charge on any atom is 0.253 e. The number of ether oxygens (including phenoxy) is 1. The van der Waals surface area contributed by atoms with Gasteiger partial charge in [-0.2, -0.15) is 4.31 Å². The molecule has 0 saturated carbocycles. The van der Waals surface area contributed by atoms with E-state index in [0.29, 0.717) is 44.2 Å². The van der Waals surface area contributed by atoms with E-state index in [9.17, 15) is 13.2 Å². The van der Waals surface area contributed by atoms with E-state index in [1.165, 1.54) is 4.31 Å². The lowest BCUT2D eigenvalue weighted by molar-refractivity contribution is -0.146. The summed E-state index contributed by atoms with van der Waals surface area (Å²) in [6.45, 7) is 5.31. The number of carbonyl (C=O) groups excluding carboxylic acids is 1. The first-order valence-electron chi connectivity index (χ1n) is 9.22. The summed E-state index contributed by atoms with van der Waals surface area (Å²) < 4.78 is 32.6. The molecule has 2 fully saturated rings. The van der Waals surface area contributed by atoms with Crippen LogP contribution >= 0.6 is 0 Å². The van der Waals surface area contributed by atoms with Crippen LogP contribution in [-0.4, -0.2) is 75.5 Å². The molecule has 7 nitrogen and oxygen atoms in total. The molecule has 144 valence electrons. The van der Waals surface area contributed by atoms with Crippen LogP contribution in [0.4, 0.5) is 0 Å². The first-order chi connectivity index (χ1) is 12.5. The van der Waals surface area contributed by atoms with Crippen LogP contribution in [0.15, 0.2) is 29.2 Å². The Bertz CT molecular complexity index is 706. The molecule has 1 amide bonds. The Morgan fingerprint density at radius 2 is 1.88 bits per heavy atom. The zero-order valence-corrected chi connectivity index (χ0v) is 16.0. The number of aryl methyl sites for hydroxylation is 1. The highest BCUT2D eigenvalue weighted by Gasteiger charge is 2.33. The normalized spacial score (nSPS) is 22.3. The third kappa shape index (κ3) is 4.25. The molecule has 2 aliphatic rings. The molecule has 0 spiro atoms. The lowest BCUT2D eigenvalue weighted by atomic mass is 10.1. The number of nitrogens with zero attached hydrogens (tertiary/aromatic N) is 2. The van der Waals surface area contributed by atoms with Crippen molar-refractivity contribution in [3.8, 4) is 0 Å². The van der Waals surface area contributed by atoms with Gasteiger partial charge in [0.15, 0.2) is 0 Å². The first kappa shape index (κ1) is 19.3. The molecule has 2 aliphatic heterocycles. The zero-order valence-electron chi connectivity index (χ0n) is 15.2. The van der Waals surface area contributed by atoms with Gasteiger partial charge in [0.05, 0.1) is 11.5 Å². The fraction of sp³-hybridized carbons (Fsp3) is 0.611. The number of amides is 1. The molecule has 1 N–H and O–H groups in total. The van der Waals surface area contributed by atoms with Crippen molar-refractivity contribution < 1.29 is 17.9 Å². The Kier molecular flexibility index (Phi) is 6.29. The number of rotatable bonds is 5. The molecule has 3 rings (SSSR count). The Hall–Kier alpha value is -1.48. The van der Waals surface area contributed by atoms with Crippen LogP contribution in [0, 0.1) is 0 Å². The fourth-order valence-corrected chi connectivity index (χ4v) is 4.76. The summed E-state index contributed by atoms with van der Waals surface area (Å²) in [5, 5.41) is 3.14. The largest absolute Gasteiger partial charge is 0.366 e. The molecular formula is C18H27N3O4S. The van der Waals surface area contributed by atoms with Gasteiger partial charge in [0, 0.05) is 39.3 Å². The van der Waals surface area contributed by atoms with Gasteiger partial charge in [-0.05, 0) is 24.1 Å². The summed E-state index contributed by atoms with van der Waals surface area (Å²) in [7, 11) is -3.52. The van der Waals surface area contributed by atoms with Crippen molar-refractivity contribution in [2.75, 3.05) is 45.9 Å². The highest BCUT2D eigenvalue weighted by molar-refractivity contribution is 7.89. The number of benzene rings is 1. The van der Waals surface area contributed by atoms with Crippen molar-refractivity contribution in [1.29, 1.82) is 0 Å². The van der Waals surface area contributed by atoms with E-state index >= 15 is 0 Å². The lowest BCUT2D eigenvalue weighted by Gasteiger charge is -2.36. The molecule has 0 aromatic heterocycles. The monoisotopic (exact) mass is 381 g/mol. The molecular weight excluding hydrogens is 354 g/mol. The van der Waals surface area contributed by atoms with Gasteiger partial charge in [-0.25, -0.2) is 8.42 Å². The SMILES string of the molecule is CCCc1ccc(S(=O)(=O)N2CCN(C(=O)C3CNCCO3)CC2)cc1. The van der Waals surface area contributed by atoms with Crippen LogP contribution in [0.1, 0.15) is 18.9 Å². The van der Waals surface area contributed by atoms with Crippen molar-refractivity contribution in [3.63, 3.8) is 0 Å². The van der Waals surface area contributed by atoms with Gasteiger partial charge >= 0.3 is 0 Å². The van der Waals surface area contributed by atoms with Crippen molar-refractivity contribution in [3.05, 3.63) is 29.8 Å². The predicted molar refractivity (Wildman–Crippen MR) is 98.4 cm³/mol. The molecule has 1 atom stereocenters. The number of hydrogen-bond donors (Lipinski definition) is 1. The minimum atomic E-state index is -3.52. The van der Waals surface area contributed by atoms with Gasteiger partial charge < -0.3 is 15.0 Å². The quantitative estimate of drug-likeness (QED) is 0.802. The molecule has 1 aromatic rings. The maximum absolute atomic E-state index is 12.8. The molecule has 0 radical (unpaired) electrons. The fourth-order valence-electron chi connectivity index (χ4n) is 3.34. The number of hydrogen-bond acceptors (Lipinski definition) is 5. The van der Waals surface area contributed by atoms with Crippen molar-refractivity contribution in [1.82, 2.24) is 14.5 Å². The topological polar surface area (TPSA) is 79.0 Å². The number of nitrogens with one attached hydrogen (secondary N) is 1. The third-order valence-corrected chi connectivity index (χ3v) is 6.77. The molecule has 1 aromatic carbocycles. The van der Waals surface area contributed by atoms with Gasteiger partial charge in [0.2, 0.25) is 10.0 Å². The van der Waals surface area contributed by atoms with E-state index in [2.05, 4.69) is 12.2 Å². The van der Waals surface area contributed by atoms with Crippen LogP contribution in [0.2, 0.25) is 0 Å². The summed E-state index contributed by atoms with van der Waals surface area (Å²) in [6, 6.07) is 7.12. The van der Waals surface area contributed by atoms with Crippen molar-refractivity contribution in [2.45, 2.75) is 30.8 Å². The molecule has 1 unspecified atom stereocenters. The summed E-state index contributed by atoms with van der Waals surface area (Å²) >= 11 is 0. The van der Waals surface area contributed by atoms with Crippen LogP contribution in [0.5, 0.6) is 0 Å². The Labute approximate surface area is 155 Å². The second-order valence-electron chi connectivity index (χ2n) is 6.69. The summed E-state index contributed by atoms with van der Waals surface area (Å²) in [5.41, 5.74) is 1.14. The standard InChI is InChI=1S/C18H27N3O4S/c1-2-3-15-4-6-16(7-5-15)26(23,24)21-11-9-20(10-12-21)18(22)17-14-19-8-13-25-17/h4-7,17,19H,2-3,8-14H2,1H3.